The van der Waals surface area contributed by atoms with E-state index in [-0.39, 0.29) is 29.1 Å². The summed E-state index contributed by atoms with van der Waals surface area (Å²) in [4.78, 5) is 46.4. The van der Waals surface area contributed by atoms with Gasteiger partial charge in [0.2, 0.25) is 23.6 Å². The Morgan fingerprint density at radius 2 is 1.47 bits per heavy atom. The van der Waals surface area contributed by atoms with E-state index in [9.17, 15) is 9.59 Å². The van der Waals surface area contributed by atoms with Crippen molar-refractivity contribution in [2.24, 2.45) is 5.41 Å². The van der Waals surface area contributed by atoms with Gasteiger partial charge < -0.3 is 19.3 Å². The molecule has 1 spiro atoms. The molecule has 11 nitrogen and oxygen atoms in total. The first-order valence-electron chi connectivity index (χ1n) is 18.4. The quantitative estimate of drug-likeness (QED) is 0.245. The number of likely N-dealkylation sites (tertiary alicyclic amines) is 2. The Morgan fingerprint density at radius 3 is 2.15 bits per heavy atom. The highest BCUT2D eigenvalue weighted by Crippen LogP contribution is 2.50. The minimum Gasteiger partial charge on any atom is -0.481 e. The number of methoxy groups -OCH3 is 2. The maximum atomic E-state index is 16.6. The summed E-state index contributed by atoms with van der Waals surface area (Å²) in [7, 11) is 3.23. The van der Waals surface area contributed by atoms with E-state index >= 15 is 4.39 Å². The zero-order valence-electron chi connectivity index (χ0n) is 31.1. The van der Waals surface area contributed by atoms with Crippen LogP contribution in [0.5, 0.6) is 11.8 Å². The van der Waals surface area contributed by atoms with E-state index < -0.39 is 0 Å². The molecule has 1 aliphatic carbocycles. The Kier molecular flexibility index (Phi) is 9.14. The summed E-state index contributed by atoms with van der Waals surface area (Å²) in [5.74, 6) is 0.857. The van der Waals surface area contributed by atoms with Crippen LogP contribution in [0.25, 0.3) is 33.6 Å². The lowest BCUT2D eigenvalue weighted by molar-refractivity contribution is -0.161. The summed E-state index contributed by atoms with van der Waals surface area (Å²) in [6.07, 6.45) is 3.55. The van der Waals surface area contributed by atoms with Gasteiger partial charge in [0.05, 0.1) is 31.8 Å². The molecule has 2 aromatic carbocycles. The lowest BCUT2D eigenvalue weighted by Gasteiger charge is -2.61. The van der Waals surface area contributed by atoms with Crippen LogP contribution in [0.4, 0.5) is 4.39 Å². The van der Waals surface area contributed by atoms with E-state index in [0.717, 1.165) is 74.5 Å². The molecule has 276 valence electrons. The van der Waals surface area contributed by atoms with Gasteiger partial charge in [-0.1, -0.05) is 30.3 Å². The Hall–Kier alpha value is -4.94. The van der Waals surface area contributed by atoms with Crippen LogP contribution in [-0.4, -0.2) is 113 Å². The standard InChI is InChI=1S/C41H46FN7O4/c1-25-29(31-10-7-11-32(38(31)42)34-19-43-35(39(45-34)52-4)20-46-14-16-47(17-15-46)26(2)50)8-6-9-30(25)33-18-28-12-13-36(37(28)40(44-33)53-5)49-23-41(24-49)21-48(22-41)27(3)51/h6-11,18-19,36H,12-17,20-24H2,1-5H3/t36-/m0/s1. The number of pyridine rings is 1. The first-order chi connectivity index (χ1) is 25.6. The molecule has 0 saturated carbocycles. The molecule has 2 amide bonds. The van der Waals surface area contributed by atoms with E-state index in [1.54, 1.807) is 46.4 Å². The van der Waals surface area contributed by atoms with Gasteiger partial charge in [-0.05, 0) is 48.6 Å². The molecule has 5 heterocycles. The van der Waals surface area contributed by atoms with E-state index in [1.807, 2.05) is 41.0 Å². The summed E-state index contributed by atoms with van der Waals surface area (Å²) in [6, 6.07) is 13.7. The third-order valence-corrected chi connectivity index (χ3v) is 11.7. The highest BCUT2D eigenvalue weighted by atomic mass is 19.1. The number of amides is 2. The molecule has 3 saturated heterocycles. The molecule has 3 fully saturated rings. The molecule has 4 aromatic rings. The fraction of sp³-hybridized carbons (Fsp3) is 0.439. The highest BCUT2D eigenvalue weighted by molar-refractivity contribution is 5.80. The van der Waals surface area contributed by atoms with E-state index in [4.69, 9.17) is 19.4 Å². The van der Waals surface area contributed by atoms with Crippen LogP contribution in [0, 0.1) is 18.2 Å². The van der Waals surface area contributed by atoms with E-state index in [0.29, 0.717) is 53.9 Å². The van der Waals surface area contributed by atoms with Gasteiger partial charge in [0, 0.05) is 106 Å². The van der Waals surface area contributed by atoms with Crippen LogP contribution in [-0.2, 0) is 22.6 Å². The predicted octanol–water partition coefficient (Wildman–Crippen LogP) is 5.15. The number of carbonyl (C=O) groups excluding carboxylic acids is 2. The second-order valence-electron chi connectivity index (χ2n) is 15.1. The Bertz CT molecular complexity index is 2090. The van der Waals surface area contributed by atoms with Crippen molar-refractivity contribution < 1.29 is 23.5 Å². The number of benzene rings is 2. The van der Waals surface area contributed by atoms with E-state index in [2.05, 4.69) is 20.9 Å². The van der Waals surface area contributed by atoms with Crippen molar-refractivity contribution in [3.63, 3.8) is 0 Å². The van der Waals surface area contributed by atoms with Gasteiger partial charge in [-0.25, -0.2) is 14.4 Å². The lowest BCUT2D eigenvalue weighted by atomic mass is 9.72. The number of nitrogens with zero attached hydrogens (tertiary/aromatic N) is 7. The Labute approximate surface area is 309 Å². The lowest BCUT2D eigenvalue weighted by Crippen LogP contribution is -2.72. The molecule has 53 heavy (non-hydrogen) atoms. The number of hydrogen-bond acceptors (Lipinski definition) is 9. The molecule has 2 aromatic heterocycles. The molecule has 0 N–H and O–H groups in total. The summed E-state index contributed by atoms with van der Waals surface area (Å²) in [5, 5.41) is 0. The second-order valence-corrected chi connectivity index (χ2v) is 15.1. The zero-order valence-corrected chi connectivity index (χ0v) is 31.1. The van der Waals surface area contributed by atoms with Gasteiger partial charge in [0.25, 0.3) is 0 Å². The number of hydrogen-bond donors (Lipinski definition) is 0. The number of ether oxygens (including phenoxy) is 2. The zero-order chi connectivity index (χ0) is 37.0. The van der Waals surface area contributed by atoms with Gasteiger partial charge in [-0.3, -0.25) is 24.4 Å². The van der Waals surface area contributed by atoms with Crippen LogP contribution >= 0.6 is 0 Å². The van der Waals surface area contributed by atoms with Crippen molar-refractivity contribution in [1.82, 2.24) is 34.6 Å². The molecule has 12 heteroatoms. The molecule has 3 aliphatic heterocycles. The van der Waals surface area contributed by atoms with Gasteiger partial charge in [-0.15, -0.1) is 0 Å². The van der Waals surface area contributed by atoms with Gasteiger partial charge >= 0.3 is 0 Å². The molecule has 8 rings (SSSR count). The summed E-state index contributed by atoms with van der Waals surface area (Å²) < 4.78 is 28.1. The normalized spacial score (nSPS) is 19.5. The number of carbonyl (C=O) groups is 2. The van der Waals surface area contributed by atoms with Crippen molar-refractivity contribution in [3.05, 3.63) is 76.9 Å². The highest BCUT2D eigenvalue weighted by Gasteiger charge is 2.55. The molecule has 0 bridgehead atoms. The maximum Gasteiger partial charge on any atom is 0.237 e. The first-order valence-corrected chi connectivity index (χ1v) is 18.4. The monoisotopic (exact) mass is 719 g/mol. The fourth-order valence-corrected chi connectivity index (χ4v) is 8.84. The molecule has 1 atom stereocenters. The summed E-state index contributed by atoms with van der Waals surface area (Å²) >= 11 is 0. The van der Waals surface area contributed by atoms with Crippen LogP contribution in [0.3, 0.4) is 0 Å². The van der Waals surface area contributed by atoms with E-state index in [1.165, 1.54) is 11.1 Å². The Balaban J connectivity index is 1.04. The second kappa shape index (κ2) is 13.8. The maximum absolute atomic E-state index is 16.6. The van der Waals surface area contributed by atoms with Crippen LogP contribution in [0.2, 0.25) is 0 Å². The van der Waals surface area contributed by atoms with Crippen LogP contribution in [0.1, 0.15) is 48.7 Å². The largest absolute Gasteiger partial charge is 0.481 e. The summed E-state index contributed by atoms with van der Waals surface area (Å²) in [5.41, 5.74) is 7.93. The number of fused-ring (bicyclic) bond motifs is 1. The van der Waals surface area contributed by atoms with Gasteiger partial charge in [0.15, 0.2) is 0 Å². The van der Waals surface area contributed by atoms with Crippen molar-refractivity contribution in [1.29, 1.82) is 0 Å². The average molecular weight is 720 g/mol. The van der Waals surface area contributed by atoms with Gasteiger partial charge in [0.1, 0.15) is 11.5 Å². The number of piperazine rings is 1. The molecular formula is C41H46FN7O4. The number of aryl methyl sites for hydroxylation is 1. The van der Waals surface area contributed by atoms with Crippen LogP contribution in [0.15, 0.2) is 48.7 Å². The van der Waals surface area contributed by atoms with Gasteiger partial charge in [-0.2, -0.15) is 0 Å². The molecule has 4 aliphatic rings. The third-order valence-electron chi connectivity index (χ3n) is 11.7. The smallest absolute Gasteiger partial charge is 0.237 e. The minimum atomic E-state index is -0.384. The molecular weight excluding hydrogens is 673 g/mol. The van der Waals surface area contributed by atoms with Crippen LogP contribution < -0.4 is 9.47 Å². The fourth-order valence-electron chi connectivity index (χ4n) is 8.84. The first kappa shape index (κ1) is 35.1. The van der Waals surface area contributed by atoms with Crippen molar-refractivity contribution >= 4 is 11.8 Å². The number of halogens is 1. The minimum absolute atomic E-state index is 0.0843. The third kappa shape index (κ3) is 6.31. The van der Waals surface area contributed by atoms with Crippen molar-refractivity contribution in [2.45, 2.75) is 46.2 Å². The topological polar surface area (TPSA) is 104 Å². The SMILES string of the molecule is COc1nc(-c2cccc(-c3cccc(-c4cc5c(c(OC)n4)[C@@H](N4CC6(CN(C(C)=O)C6)C4)CC5)c3C)c2F)cnc1CN1CCN(C(C)=O)CC1. The Morgan fingerprint density at radius 1 is 0.830 bits per heavy atom. The number of rotatable bonds is 8. The van der Waals surface area contributed by atoms with Crippen molar-refractivity contribution in [2.75, 3.05) is 66.6 Å². The molecule has 0 unspecified atom stereocenters. The average Bonchev–Trinajstić information content (AvgIpc) is 3.54. The van der Waals surface area contributed by atoms with Crippen molar-refractivity contribution in [3.8, 4) is 45.4 Å². The summed E-state index contributed by atoms with van der Waals surface area (Å²) in [6.45, 7) is 12.3. The molecule has 0 radical (unpaired) electrons. The number of aromatic nitrogens is 3. The predicted molar refractivity (Wildman–Crippen MR) is 199 cm³/mol.